The third-order valence-electron chi connectivity index (χ3n) is 4.96. The van der Waals surface area contributed by atoms with Crippen molar-refractivity contribution in [2.24, 2.45) is 17.6 Å². The lowest BCUT2D eigenvalue weighted by Crippen LogP contribution is -2.34. The Morgan fingerprint density at radius 2 is 1.81 bits per heavy atom. The number of halogens is 1. The Morgan fingerprint density at radius 3 is 2.58 bits per heavy atom. The second kappa shape index (κ2) is 10.2. The van der Waals surface area contributed by atoms with Gasteiger partial charge in [0.2, 0.25) is 5.91 Å². The maximum Gasteiger partial charge on any atom is 0.223 e. The van der Waals surface area contributed by atoms with Crippen LogP contribution in [0.1, 0.15) is 30.4 Å². The van der Waals surface area contributed by atoms with Crippen LogP contribution in [-0.4, -0.2) is 12.5 Å². The number of rotatable bonds is 7. The smallest absolute Gasteiger partial charge is 0.223 e. The van der Waals surface area contributed by atoms with E-state index in [9.17, 15) is 4.79 Å². The van der Waals surface area contributed by atoms with Crippen LogP contribution in [-0.2, 0) is 17.9 Å². The van der Waals surface area contributed by atoms with Crippen molar-refractivity contribution in [1.29, 1.82) is 0 Å². The largest absolute Gasteiger partial charge is 0.489 e. The fraction of sp³-hybridized carbons (Fsp3) is 0.381. The molecule has 5 heteroatoms. The molecule has 1 amide bonds. The molecule has 3 rings (SSSR count). The molecule has 0 aromatic heterocycles. The summed E-state index contributed by atoms with van der Waals surface area (Å²) in [4.78, 5) is 12.5. The zero-order chi connectivity index (χ0) is 17.5. The normalized spacial score (nSPS) is 18.8. The molecule has 0 spiro atoms. The van der Waals surface area contributed by atoms with E-state index >= 15 is 0 Å². The number of nitrogens with one attached hydrogen (secondary N) is 1. The zero-order valence-electron chi connectivity index (χ0n) is 14.9. The molecule has 2 aromatic rings. The predicted molar refractivity (Wildman–Crippen MR) is 106 cm³/mol. The summed E-state index contributed by atoms with van der Waals surface area (Å²) >= 11 is 0. The molecular formula is C21H27ClN2O2. The van der Waals surface area contributed by atoms with Crippen molar-refractivity contribution in [2.75, 3.05) is 6.54 Å². The summed E-state index contributed by atoms with van der Waals surface area (Å²) in [6.07, 6.45) is 3.10. The van der Waals surface area contributed by atoms with Gasteiger partial charge in [-0.15, -0.1) is 12.4 Å². The maximum absolute atomic E-state index is 12.5. The Hall–Kier alpha value is -2.04. The Kier molecular flexibility index (Phi) is 7.95. The first-order valence-electron chi connectivity index (χ1n) is 9.00. The van der Waals surface area contributed by atoms with E-state index in [4.69, 9.17) is 10.5 Å². The molecule has 1 aliphatic rings. The maximum atomic E-state index is 12.5. The molecule has 0 bridgehead atoms. The van der Waals surface area contributed by atoms with Crippen LogP contribution in [0.15, 0.2) is 54.6 Å². The number of carbonyl (C=O) groups is 1. The molecule has 4 nitrogen and oxygen atoms in total. The fourth-order valence-corrected chi connectivity index (χ4v) is 3.50. The minimum absolute atomic E-state index is 0. The van der Waals surface area contributed by atoms with E-state index in [2.05, 4.69) is 5.32 Å². The van der Waals surface area contributed by atoms with Gasteiger partial charge in [0.05, 0.1) is 0 Å². The van der Waals surface area contributed by atoms with Gasteiger partial charge in [-0.1, -0.05) is 55.0 Å². The quantitative estimate of drug-likeness (QED) is 0.777. The lowest BCUT2D eigenvalue weighted by molar-refractivity contribution is -0.126. The molecule has 140 valence electrons. The second-order valence-corrected chi connectivity index (χ2v) is 6.63. The van der Waals surface area contributed by atoms with Crippen molar-refractivity contribution in [1.82, 2.24) is 5.32 Å². The van der Waals surface area contributed by atoms with Crippen LogP contribution in [0.25, 0.3) is 0 Å². The van der Waals surface area contributed by atoms with E-state index in [1.165, 1.54) is 0 Å². The van der Waals surface area contributed by atoms with Crippen molar-refractivity contribution >= 4 is 18.3 Å². The lowest BCUT2D eigenvalue weighted by Gasteiger charge is -2.18. The second-order valence-electron chi connectivity index (χ2n) is 6.63. The molecule has 0 saturated heterocycles. The summed E-state index contributed by atoms with van der Waals surface area (Å²) in [5, 5.41) is 3.07. The highest BCUT2D eigenvalue weighted by molar-refractivity contribution is 5.85. The highest BCUT2D eigenvalue weighted by Gasteiger charge is 2.31. The summed E-state index contributed by atoms with van der Waals surface area (Å²) < 4.78 is 5.95. The average Bonchev–Trinajstić information content (AvgIpc) is 3.15. The first-order valence-corrected chi connectivity index (χ1v) is 9.00. The lowest BCUT2D eigenvalue weighted by atomic mass is 9.95. The first kappa shape index (κ1) is 20.3. The van der Waals surface area contributed by atoms with E-state index in [0.717, 1.165) is 36.1 Å². The average molecular weight is 375 g/mol. The number of amides is 1. The monoisotopic (exact) mass is 374 g/mol. The van der Waals surface area contributed by atoms with Crippen LogP contribution in [0.3, 0.4) is 0 Å². The summed E-state index contributed by atoms with van der Waals surface area (Å²) in [5.74, 6) is 1.31. The van der Waals surface area contributed by atoms with E-state index < -0.39 is 0 Å². The van der Waals surface area contributed by atoms with Crippen molar-refractivity contribution in [2.45, 2.75) is 32.4 Å². The van der Waals surface area contributed by atoms with Crippen LogP contribution < -0.4 is 15.8 Å². The van der Waals surface area contributed by atoms with E-state index in [0.29, 0.717) is 25.6 Å². The van der Waals surface area contributed by atoms with Gasteiger partial charge in [0.25, 0.3) is 0 Å². The van der Waals surface area contributed by atoms with Gasteiger partial charge >= 0.3 is 0 Å². The topological polar surface area (TPSA) is 64.4 Å². The Bertz CT molecular complexity index is 693. The SMILES string of the molecule is Cl.NC[C@H]1CCC[C@H]1C(=O)NCc1ccccc1OCc1ccccc1. The van der Waals surface area contributed by atoms with Gasteiger partial charge in [-0.2, -0.15) is 0 Å². The fourth-order valence-electron chi connectivity index (χ4n) is 3.50. The van der Waals surface area contributed by atoms with Gasteiger partial charge in [-0.25, -0.2) is 0 Å². The number of benzene rings is 2. The Balaban J connectivity index is 0.00000243. The molecule has 3 N–H and O–H groups in total. The molecular weight excluding hydrogens is 348 g/mol. The standard InChI is InChI=1S/C21H26N2O2.ClH/c22-13-17-10-6-11-19(17)21(24)23-14-18-9-4-5-12-20(18)25-15-16-7-2-1-3-8-16;/h1-5,7-9,12,17,19H,6,10-11,13-15,22H2,(H,23,24);1H/t17-,19-;/m1./s1. The molecule has 0 aliphatic heterocycles. The van der Waals surface area contributed by atoms with Crippen LogP contribution in [0.2, 0.25) is 0 Å². The number of nitrogens with two attached hydrogens (primary N) is 1. The van der Waals surface area contributed by atoms with Crippen molar-refractivity contribution in [3.05, 3.63) is 65.7 Å². The first-order chi connectivity index (χ1) is 12.3. The number of ether oxygens (including phenoxy) is 1. The number of hydrogen-bond donors (Lipinski definition) is 2. The molecule has 0 heterocycles. The molecule has 26 heavy (non-hydrogen) atoms. The molecule has 0 unspecified atom stereocenters. The number of hydrogen-bond acceptors (Lipinski definition) is 3. The highest BCUT2D eigenvalue weighted by atomic mass is 35.5. The van der Waals surface area contributed by atoms with E-state index in [1.54, 1.807) is 0 Å². The van der Waals surface area contributed by atoms with Crippen LogP contribution >= 0.6 is 12.4 Å². The minimum atomic E-state index is 0. The Labute approximate surface area is 161 Å². The molecule has 1 fully saturated rings. The van der Waals surface area contributed by atoms with Crippen LogP contribution in [0.4, 0.5) is 0 Å². The predicted octanol–water partition coefficient (Wildman–Crippen LogP) is 3.68. The zero-order valence-corrected chi connectivity index (χ0v) is 15.7. The van der Waals surface area contributed by atoms with Gasteiger partial charge in [-0.05, 0) is 36.9 Å². The summed E-state index contributed by atoms with van der Waals surface area (Å²) in [5.41, 5.74) is 7.91. The van der Waals surface area contributed by atoms with Gasteiger partial charge < -0.3 is 15.8 Å². The minimum Gasteiger partial charge on any atom is -0.489 e. The summed E-state index contributed by atoms with van der Waals surface area (Å²) in [6, 6.07) is 17.9. The van der Waals surface area contributed by atoms with Crippen molar-refractivity contribution < 1.29 is 9.53 Å². The van der Waals surface area contributed by atoms with Gasteiger partial charge in [0.1, 0.15) is 12.4 Å². The molecule has 2 atom stereocenters. The summed E-state index contributed by atoms with van der Waals surface area (Å²) in [6.45, 7) is 1.59. The molecule has 0 radical (unpaired) electrons. The Morgan fingerprint density at radius 1 is 1.08 bits per heavy atom. The van der Waals surface area contributed by atoms with E-state index in [-0.39, 0.29) is 24.2 Å². The van der Waals surface area contributed by atoms with Crippen molar-refractivity contribution in [3.8, 4) is 5.75 Å². The summed E-state index contributed by atoms with van der Waals surface area (Å²) in [7, 11) is 0. The third-order valence-corrected chi connectivity index (χ3v) is 4.96. The van der Waals surface area contributed by atoms with Crippen LogP contribution in [0.5, 0.6) is 5.75 Å². The molecule has 1 aliphatic carbocycles. The van der Waals surface area contributed by atoms with Gasteiger partial charge in [0.15, 0.2) is 0 Å². The third kappa shape index (κ3) is 5.23. The molecule has 1 saturated carbocycles. The van der Waals surface area contributed by atoms with Gasteiger partial charge in [-0.3, -0.25) is 4.79 Å². The van der Waals surface area contributed by atoms with Gasteiger partial charge in [0, 0.05) is 18.0 Å². The molecule has 2 aromatic carbocycles. The van der Waals surface area contributed by atoms with Crippen LogP contribution in [0, 0.1) is 11.8 Å². The highest BCUT2D eigenvalue weighted by Crippen LogP contribution is 2.31. The number of para-hydroxylation sites is 1. The van der Waals surface area contributed by atoms with E-state index in [1.807, 2.05) is 54.6 Å². The van der Waals surface area contributed by atoms with Crippen molar-refractivity contribution in [3.63, 3.8) is 0 Å². The number of carbonyl (C=O) groups excluding carboxylic acids is 1.